The van der Waals surface area contributed by atoms with Crippen LogP contribution in [-0.2, 0) is 5.88 Å². The number of piperazine rings is 1. The van der Waals surface area contributed by atoms with Crippen LogP contribution in [0.15, 0.2) is 17.0 Å². The first kappa shape index (κ1) is 12.2. The Morgan fingerprint density at radius 3 is 2.39 bits per heavy atom. The topological polar surface area (TPSA) is 32.3 Å². The van der Waals surface area contributed by atoms with E-state index >= 15 is 0 Å². The maximum Gasteiger partial charge on any atom is 0.185 e. The molecule has 0 aliphatic carbocycles. The number of aromatic nitrogens is 2. The van der Waals surface area contributed by atoms with Gasteiger partial charge in [0.15, 0.2) is 10.3 Å². The molecule has 0 amide bonds. The van der Waals surface area contributed by atoms with E-state index in [1.54, 1.807) is 22.7 Å². The van der Waals surface area contributed by atoms with Crippen LogP contribution < -0.4 is 9.80 Å². The first-order valence-electron chi connectivity index (χ1n) is 5.76. The highest BCUT2D eigenvalue weighted by atomic mass is 35.5. The van der Waals surface area contributed by atoms with Crippen LogP contribution in [0.4, 0.5) is 10.3 Å². The molecule has 96 valence electrons. The summed E-state index contributed by atoms with van der Waals surface area (Å²) in [5.74, 6) is 0.496. The largest absolute Gasteiger partial charge is 0.345 e. The lowest BCUT2D eigenvalue weighted by atomic mass is 10.3. The molecule has 2 aromatic heterocycles. The van der Waals surface area contributed by atoms with Gasteiger partial charge in [0.2, 0.25) is 0 Å². The average molecular weight is 301 g/mol. The Morgan fingerprint density at radius 1 is 1.11 bits per heavy atom. The Labute approximate surface area is 119 Å². The molecule has 1 saturated heterocycles. The van der Waals surface area contributed by atoms with E-state index in [1.807, 2.05) is 17.0 Å². The first-order chi connectivity index (χ1) is 8.86. The van der Waals surface area contributed by atoms with E-state index in [2.05, 4.69) is 19.8 Å². The number of thiazole rings is 2. The third-order valence-corrected chi connectivity index (χ3v) is 4.97. The predicted molar refractivity (Wildman–Crippen MR) is 78.2 cm³/mol. The molecule has 0 spiro atoms. The second-order valence-corrected chi connectivity index (χ2v) is 6.02. The second kappa shape index (κ2) is 5.42. The zero-order valence-electron chi connectivity index (χ0n) is 9.75. The van der Waals surface area contributed by atoms with Gasteiger partial charge in [-0.25, -0.2) is 9.97 Å². The summed E-state index contributed by atoms with van der Waals surface area (Å²) in [6, 6.07) is 0. The quantitative estimate of drug-likeness (QED) is 0.816. The standard InChI is InChI=1S/C11H13ClN4S2/c12-7-9-8-18-11(14-9)16-4-2-15(3-5-16)10-13-1-6-17-10/h1,6,8H,2-5,7H2. The molecule has 1 aliphatic rings. The Hall–Kier alpha value is -0.850. The minimum atomic E-state index is 0.496. The molecule has 0 bridgehead atoms. The molecule has 0 saturated carbocycles. The lowest BCUT2D eigenvalue weighted by molar-refractivity contribution is 0.650. The molecular weight excluding hydrogens is 288 g/mol. The van der Waals surface area contributed by atoms with Gasteiger partial charge in [-0.2, -0.15) is 0 Å². The highest BCUT2D eigenvalue weighted by molar-refractivity contribution is 7.14. The van der Waals surface area contributed by atoms with E-state index in [9.17, 15) is 0 Å². The van der Waals surface area contributed by atoms with Crippen molar-refractivity contribution in [1.29, 1.82) is 0 Å². The van der Waals surface area contributed by atoms with Crippen LogP contribution in [0.5, 0.6) is 0 Å². The first-order valence-corrected chi connectivity index (χ1v) is 8.06. The fourth-order valence-corrected chi connectivity index (χ4v) is 3.77. The van der Waals surface area contributed by atoms with Crippen molar-refractivity contribution >= 4 is 44.5 Å². The average Bonchev–Trinajstić information content (AvgIpc) is 3.10. The third-order valence-electron chi connectivity index (χ3n) is 2.92. The van der Waals surface area contributed by atoms with E-state index in [0.29, 0.717) is 5.88 Å². The van der Waals surface area contributed by atoms with E-state index < -0.39 is 0 Å². The molecule has 4 nitrogen and oxygen atoms in total. The maximum absolute atomic E-state index is 5.78. The number of nitrogens with zero attached hydrogens (tertiary/aromatic N) is 4. The fourth-order valence-electron chi connectivity index (χ4n) is 1.96. The van der Waals surface area contributed by atoms with Crippen molar-refractivity contribution in [2.75, 3.05) is 36.0 Å². The molecule has 2 aromatic rings. The Morgan fingerprint density at radius 2 is 1.83 bits per heavy atom. The molecule has 1 fully saturated rings. The van der Waals surface area contributed by atoms with Crippen molar-refractivity contribution in [1.82, 2.24) is 9.97 Å². The van der Waals surface area contributed by atoms with Crippen molar-refractivity contribution in [3.63, 3.8) is 0 Å². The number of anilines is 2. The van der Waals surface area contributed by atoms with Gasteiger partial charge in [0.1, 0.15) is 0 Å². The normalized spacial score (nSPS) is 16.3. The van der Waals surface area contributed by atoms with Crippen LogP contribution in [0.1, 0.15) is 5.69 Å². The number of rotatable bonds is 3. The Balaban J connectivity index is 1.63. The van der Waals surface area contributed by atoms with Crippen LogP contribution in [0.3, 0.4) is 0 Å². The molecule has 3 rings (SSSR count). The molecule has 0 N–H and O–H groups in total. The van der Waals surface area contributed by atoms with Gasteiger partial charge < -0.3 is 9.80 Å². The predicted octanol–water partition coefficient (Wildman–Crippen LogP) is 2.67. The van der Waals surface area contributed by atoms with Gasteiger partial charge in [-0.3, -0.25) is 0 Å². The monoisotopic (exact) mass is 300 g/mol. The SMILES string of the molecule is ClCc1csc(N2CCN(c3nccs3)CC2)n1. The number of hydrogen-bond acceptors (Lipinski definition) is 6. The second-order valence-electron chi connectivity index (χ2n) is 4.04. The minimum absolute atomic E-state index is 0.496. The molecule has 0 aromatic carbocycles. The highest BCUT2D eigenvalue weighted by Crippen LogP contribution is 2.25. The van der Waals surface area contributed by atoms with E-state index in [4.69, 9.17) is 11.6 Å². The minimum Gasteiger partial charge on any atom is -0.345 e. The Kier molecular flexibility index (Phi) is 3.67. The zero-order valence-corrected chi connectivity index (χ0v) is 12.1. The smallest absolute Gasteiger partial charge is 0.185 e. The van der Waals surface area contributed by atoms with Gasteiger partial charge in [-0.1, -0.05) is 0 Å². The fraction of sp³-hybridized carbons (Fsp3) is 0.455. The Bertz CT molecular complexity index is 491. The van der Waals surface area contributed by atoms with Gasteiger partial charge in [-0.15, -0.1) is 34.3 Å². The van der Waals surface area contributed by atoms with Crippen molar-refractivity contribution in [2.45, 2.75) is 5.88 Å². The molecule has 3 heterocycles. The third kappa shape index (κ3) is 2.46. The molecule has 7 heteroatoms. The van der Waals surface area contributed by atoms with Crippen molar-refractivity contribution in [2.24, 2.45) is 0 Å². The summed E-state index contributed by atoms with van der Waals surface area (Å²) in [6.07, 6.45) is 1.86. The molecule has 1 aliphatic heterocycles. The molecule has 0 radical (unpaired) electrons. The lowest BCUT2D eigenvalue weighted by Crippen LogP contribution is -2.46. The van der Waals surface area contributed by atoms with Crippen molar-refractivity contribution in [3.8, 4) is 0 Å². The van der Waals surface area contributed by atoms with Crippen LogP contribution in [0.25, 0.3) is 0 Å². The number of halogens is 1. The summed E-state index contributed by atoms with van der Waals surface area (Å²) in [5, 5.41) is 6.27. The summed E-state index contributed by atoms with van der Waals surface area (Å²) in [7, 11) is 0. The van der Waals surface area contributed by atoms with Crippen molar-refractivity contribution < 1.29 is 0 Å². The van der Waals surface area contributed by atoms with E-state index in [1.165, 1.54) is 0 Å². The van der Waals surface area contributed by atoms with Crippen LogP contribution in [-0.4, -0.2) is 36.1 Å². The van der Waals surface area contributed by atoms with E-state index in [-0.39, 0.29) is 0 Å². The zero-order chi connectivity index (χ0) is 12.4. The molecule has 18 heavy (non-hydrogen) atoms. The maximum atomic E-state index is 5.78. The number of alkyl halides is 1. The van der Waals surface area contributed by atoms with Gasteiger partial charge in [0.05, 0.1) is 11.6 Å². The summed E-state index contributed by atoms with van der Waals surface area (Å²) in [6.45, 7) is 4.00. The molecule has 0 unspecified atom stereocenters. The molecule has 0 atom stereocenters. The summed E-state index contributed by atoms with van der Waals surface area (Å²) < 4.78 is 0. The number of hydrogen-bond donors (Lipinski definition) is 0. The van der Waals surface area contributed by atoms with Crippen LogP contribution in [0.2, 0.25) is 0 Å². The van der Waals surface area contributed by atoms with Crippen molar-refractivity contribution in [3.05, 3.63) is 22.7 Å². The lowest BCUT2D eigenvalue weighted by Gasteiger charge is -2.34. The summed E-state index contributed by atoms with van der Waals surface area (Å²) in [5.41, 5.74) is 0.971. The van der Waals surface area contributed by atoms with Crippen LogP contribution >= 0.6 is 34.3 Å². The van der Waals surface area contributed by atoms with Gasteiger partial charge in [0.25, 0.3) is 0 Å². The van der Waals surface area contributed by atoms with Gasteiger partial charge in [-0.05, 0) is 0 Å². The van der Waals surface area contributed by atoms with Gasteiger partial charge in [0, 0.05) is 43.1 Å². The van der Waals surface area contributed by atoms with Gasteiger partial charge >= 0.3 is 0 Å². The summed E-state index contributed by atoms with van der Waals surface area (Å²) >= 11 is 9.16. The molecular formula is C11H13ClN4S2. The summed E-state index contributed by atoms with van der Waals surface area (Å²) in [4.78, 5) is 13.5. The van der Waals surface area contributed by atoms with E-state index in [0.717, 1.165) is 42.1 Å². The highest BCUT2D eigenvalue weighted by Gasteiger charge is 2.20. The van der Waals surface area contributed by atoms with Crippen LogP contribution in [0, 0.1) is 0 Å².